The minimum Gasteiger partial charge on any atom is -0.469 e. The fourth-order valence-corrected chi connectivity index (χ4v) is 4.71. The molecule has 0 aliphatic carbocycles. The zero-order chi connectivity index (χ0) is 21.7. The van der Waals surface area contributed by atoms with Crippen molar-refractivity contribution < 1.29 is 23.2 Å². The number of carbonyl (C=O) groups is 2. The van der Waals surface area contributed by atoms with Gasteiger partial charge in [0, 0.05) is 6.42 Å². The summed E-state index contributed by atoms with van der Waals surface area (Å²) in [7, 11) is -2.83. The zero-order valence-corrected chi connectivity index (χ0v) is 21.4. The van der Waals surface area contributed by atoms with Crippen LogP contribution in [0.5, 0.6) is 0 Å². The fraction of sp³-hybridized carbons (Fsp3) is 0.900. The highest BCUT2D eigenvalue weighted by Crippen LogP contribution is 2.40. The molecule has 0 heterocycles. The molecule has 0 radical (unpaired) electrons. The number of esters is 1. The Labute approximate surface area is 168 Å². The van der Waals surface area contributed by atoms with Crippen molar-refractivity contribution in [2.75, 3.05) is 7.11 Å². The second-order valence-corrected chi connectivity index (χ2v) is 19.9. The summed E-state index contributed by atoms with van der Waals surface area (Å²) < 4.78 is 17.7. The SMILES string of the molecule is COC(=O)CCCC(O[Si](C)(C)C(C)(C)C)C(C=O)O[Si](C)(C)C(C)(C)C. The Kier molecular flexibility index (Phi) is 9.62. The number of rotatable bonds is 10. The van der Waals surface area contributed by atoms with Gasteiger partial charge in [-0.1, -0.05) is 41.5 Å². The Morgan fingerprint density at radius 3 is 1.74 bits per heavy atom. The zero-order valence-electron chi connectivity index (χ0n) is 19.4. The van der Waals surface area contributed by atoms with Crippen molar-refractivity contribution in [3.8, 4) is 0 Å². The largest absolute Gasteiger partial charge is 0.469 e. The summed E-state index contributed by atoms with van der Waals surface area (Å²) in [5, 5.41) is 0.0276. The summed E-state index contributed by atoms with van der Waals surface area (Å²) in [5.74, 6) is -0.242. The lowest BCUT2D eigenvalue weighted by Crippen LogP contribution is -2.52. The van der Waals surface area contributed by atoms with E-state index < -0.39 is 22.7 Å². The molecular weight excluding hydrogens is 376 g/mol. The highest BCUT2D eigenvalue weighted by molar-refractivity contribution is 6.74. The van der Waals surface area contributed by atoms with E-state index in [1.54, 1.807) is 0 Å². The molecule has 0 aromatic carbocycles. The molecule has 0 aliphatic heterocycles. The number of aldehydes is 1. The maximum Gasteiger partial charge on any atom is 0.305 e. The van der Waals surface area contributed by atoms with Crippen molar-refractivity contribution in [3.05, 3.63) is 0 Å². The van der Waals surface area contributed by atoms with Crippen LogP contribution in [0, 0.1) is 0 Å². The summed E-state index contributed by atoms with van der Waals surface area (Å²) in [6.45, 7) is 21.6. The molecule has 0 saturated carbocycles. The quantitative estimate of drug-likeness (QED) is 0.273. The van der Waals surface area contributed by atoms with E-state index in [9.17, 15) is 9.59 Å². The Balaban J connectivity index is 5.51. The standard InChI is InChI=1S/C20H42O5Si2/c1-19(2,3)26(8,9)24-16(13-12-14-18(22)23-7)17(15-21)25-27(10,11)20(4,5)6/h15-17H,12-14H2,1-11H3. The number of ether oxygens (including phenoxy) is 1. The molecule has 0 bridgehead atoms. The molecule has 0 N–H and O–H groups in total. The second kappa shape index (κ2) is 9.81. The molecule has 27 heavy (non-hydrogen) atoms. The van der Waals surface area contributed by atoms with Gasteiger partial charge in [0.2, 0.25) is 0 Å². The summed E-state index contributed by atoms with van der Waals surface area (Å²) in [6, 6.07) is 0. The Morgan fingerprint density at radius 1 is 0.926 bits per heavy atom. The van der Waals surface area contributed by atoms with Gasteiger partial charge in [-0.05, 0) is 49.1 Å². The molecule has 0 spiro atoms. The number of hydrogen-bond donors (Lipinski definition) is 0. The van der Waals surface area contributed by atoms with Gasteiger partial charge in [0.1, 0.15) is 12.4 Å². The van der Waals surface area contributed by atoms with Crippen molar-refractivity contribution in [1.29, 1.82) is 0 Å². The first-order valence-corrected chi connectivity index (χ1v) is 15.7. The predicted molar refractivity (Wildman–Crippen MR) is 116 cm³/mol. The van der Waals surface area contributed by atoms with Crippen molar-refractivity contribution in [1.82, 2.24) is 0 Å². The Hall–Kier alpha value is -0.506. The van der Waals surface area contributed by atoms with E-state index in [1.165, 1.54) is 7.11 Å². The maximum atomic E-state index is 12.0. The van der Waals surface area contributed by atoms with Crippen molar-refractivity contribution in [2.24, 2.45) is 0 Å². The lowest BCUT2D eigenvalue weighted by molar-refractivity contribution is -0.140. The van der Waals surface area contributed by atoms with Gasteiger partial charge in [-0.3, -0.25) is 4.79 Å². The van der Waals surface area contributed by atoms with Gasteiger partial charge in [0.05, 0.1) is 13.2 Å². The van der Waals surface area contributed by atoms with Crippen LogP contribution in [0.4, 0.5) is 0 Å². The van der Waals surface area contributed by atoms with Crippen LogP contribution >= 0.6 is 0 Å². The first-order valence-electron chi connectivity index (χ1n) is 9.86. The molecule has 0 fully saturated rings. The van der Waals surface area contributed by atoms with Crippen LogP contribution in [-0.2, 0) is 23.2 Å². The number of methoxy groups -OCH3 is 1. The van der Waals surface area contributed by atoms with Gasteiger partial charge < -0.3 is 18.4 Å². The average Bonchev–Trinajstić information content (AvgIpc) is 2.49. The molecule has 0 saturated heterocycles. The van der Waals surface area contributed by atoms with Crippen LogP contribution in [0.25, 0.3) is 0 Å². The predicted octanol–water partition coefficient (Wildman–Crippen LogP) is 5.31. The van der Waals surface area contributed by atoms with Gasteiger partial charge in [0.15, 0.2) is 16.6 Å². The van der Waals surface area contributed by atoms with E-state index in [2.05, 4.69) is 67.7 Å². The highest BCUT2D eigenvalue weighted by atomic mass is 28.4. The Morgan fingerprint density at radius 2 is 1.37 bits per heavy atom. The van der Waals surface area contributed by atoms with E-state index in [0.29, 0.717) is 19.3 Å². The topological polar surface area (TPSA) is 61.8 Å². The lowest BCUT2D eigenvalue weighted by Gasteiger charge is -2.43. The van der Waals surface area contributed by atoms with E-state index in [4.69, 9.17) is 13.6 Å². The molecule has 7 heteroatoms. The lowest BCUT2D eigenvalue weighted by atomic mass is 10.1. The molecular formula is C20H42O5Si2. The minimum absolute atomic E-state index is 0.00179. The summed E-state index contributed by atoms with van der Waals surface area (Å²) in [4.78, 5) is 23.5. The molecule has 5 nitrogen and oxygen atoms in total. The number of carbonyl (C=O) groups excluding carboxylic acids is 2. The maximum absolute atomic E-state index is 12.0. The summed E-state index contributed by atoms with van der Waals surface area (Å²) >= 11 is 0. The van der Waals surface area contributed by atoms with Gasteiger partial charge in [-0.2, -0.15) is 0 Å². The monoisotopic (exact) mass is 418 g/mol. The van der Waals surface area contributed by atoms with Gasteiger partial charge in [-0.25, -0.2) is 0 Å². The highest BCUT2D eigenvalue weighted by Gasteiger charge is 2.44. The van der Waals surface area contributed by atoms with Crippen LogP contribution in [0.1, 0.15) is 60.8 Å². The average molecular weight is 419 g/mol. The smallest absolute Gasteiger partial charge is 0.305 e. The van der Waals surface area contributed by atoms with Crippen LogP contribution < -0.4 is 0 Å². The summed E-state index contributed by atoms with van der Waals surface area (Å²) in [6.07, 6.45) is 1.45. The molecule has 0 amide bonds. The third-order valence-electron chi connectivity index (χ3n) is 6.09. The summed E-state index contributed by atoms with van der Waals surface area (Å²) in [5.41, 5.74) is 0. The fourth-order valence-electron chi connectivity index (χ4n) is 2.10. The van der Waals surface area contributed by atoms with Gasteiger partial charge >= 0.3 is 5.97 Å². The van der Waals surface area contributed by atoms with Crippen LogP contribution in [0.2, 0.25) is 36.3 Å². The first kappa shape index (κ1) is 26.5. The molecule has 2 atom stereocenters. The molecule has 0 aromatic heterocycles. The van der Waals surface area contributed by atoms with E-state index in [0.717, 1.165) is 6.29 Å². The normalized spacial score (nSPS) is 16.0. The third kappa shape index (κ3) is 8.17. The van der Waals surface area contributed by atoms with Gasteiger partial charge in [0.25, 0.3) is 0 Å². The van der Waals surface area contributed by atoms with Crippen LogP contribution in [-0.4, -0.2) is 48.2 Å². The van der Waals surface area contributed by atoms with E-state index >= 15 is 0 Å². The van der Waals surface area contributed by atoms with E-state index in [1.807, 2.05) is 0 Å². The van der Waals surface area contributed by atoms with Crippen molar-refractivity contribution >= 4 is 28.9 Å². The van der Waals surface area contributed by atoms with Gasteiger partial charge in [-0.15, -0.1) is 0 Å². The Bertz CT molecular complexity index is 490. The van der Waals surface area contributed by atoms with Crippen molar-refractivity contribution in [3.63, 3.8) is 0 Å². The van der Waals surface area contributed by atoms with Crippen molar-refractivity contribution in [2.45, 2.75) is 109 Å². The molecule has 0 rings (SSSR count). The molecule has 2 unspecified atom stereocenters. The minimum atomic E-state index is -2.13. The molecule has 0 aliphatic rings. The third-order valence-corrected chi connectivity index (χ3v) is 15.1. The first-order chi connectivity index (χ1) is 12.0. The number of hydrogen-bond acceptors (Lipinski definition) is 5. The van der Waals surface area contributed by atoms with E-state index in [-0.39, 0.29) is 22.1 Å². The second-order valence-electron chi connectivity index (χ2n) is 10.4. The molecule has 160 valence electrons. The van der Waals surface area contributed by atoms with Crippen LogP contribution in [0.3, 0.4) is 0 Å². The molecule has 0 aromatic rings. The van der Waals surface area contributed by atoms with Crippen LogP contribution in [0.15, 0.2) is 0 Å².